The number of nitrogens with one attached hydrogen (secondary N) is 1. The molecular formula is C18H20N2O. The summed E-state index contributed by atoms with van der Waals surface area (Å²) in [5.41, 5.74) is 1.45. The van der Waals surface area contributed by atoms with Crippen LogP contribution in [0.5, 0.6) is 0 Å². The number of benzene rings is 1. The summed E-state index contributed by atoms with van der Waals surface area (Å²) in [7, 11) is 0. The van der Waals surface area contributed by atoms with Gasteiger partial charge in [0.05, 0.1) is 5.54 Å². The van der Waals surface area contributed by atoms with Gasteiger partial charge in [-0.15, -0.1) is 0 Å². The third-order valence-corrected chi connectivity index (χ3v) is 4.28. The molecule has 0 atom stereocenters. The van der Waals surface area contributed by atoms with E-state index in [0.29, 0.717) is 5.69 Å². The minimum Gasteiger partial charge on any atom is -0.341 e. The third-order valence-electron chi connectivity index (χ3n) is 4.28. The predicted octanol–water partition coefficient (Wildman–Crippen LogP) is 3.67. The molecule has 1 saturated carbocycles. The van der Waals surface area contributed by atoms with Gasteiger partial charge in [0.2, 0.25) is 0 Å². The summed E-state index contributed by atoms with van der Waals surface area (Å²) in [6.45, 7) is 0. The molecule has 0 saturated heterocycles. The van der Waals surface area contributed by atoms with Gasteiger partial charge in [-0.25, -0.2) is 0 Å². The fourth-order valence-corrected chi connectivity index (χ4v) is 3.18. The Hall–Kier alpha value is -2.16. The van der Waals surface area contributed by atoms with Gasteiger partial charge in [-0.05, 0) is 30.5 Å². The number of aromatic nitrogens is 1. The van der Waals surface area contributed by atoms with E-state index in [9.17, 15) is 4.79 Å². The molecule has 3 heteroatoms. The van der Waals surface area contributed by atoms with Gasteiger partial charge in [0, 0.05) is 6.20 Å². The van der Waals surface area contributed by atoms with Crippen molar-refractivity contribution in [3.8, 4) is 0 Å². The Labute approximate surface area is 125 Å². The quantitative estimate of drug-likeness (QED) is 0.932. The van der Waals surface area contributed by atoms with Crippen molar-refractivity contribution in [1.82, 2.24) is 10.3 Å². The average Bonchev–Trinajstić information content (AvgIpc) is 2.57. The van der Waals surface area contributed by atoms with Crippen molar-refractivity contribution in [1.29, 1.82) is 0 Å². The van der Waals surface area contributed by atoms with Crippen LogP contribution in [0.25, 0.3) is 0 Å². The average molecular weight is 280 g/mol. The van der Waals surface area contributed by atoms with Gasteiger partial charge < -0.3 is 5.32 Å². The smallest absolute Gasteiger partial charge is 0.270 e. The Balaban J connectivity index is 1.88. The highest BCUT2D eigenvalue weighted by atomic mass is 16.2. The lowest BCUT2D eigenvalue weighted by molar-refractivity contribution is 0.0861. The van der Waals surface area contributed by atoms with Crippen LogP contribution < -0.4 is 5.32 Å². The monoisotopic (exact) mass is 280 g/mol. The van der Waals surface area contributed by atoms with Crippen LogP contribution in [0.15, 0.2) is 54.7 Å². The summed E-state index contributed by atoms with van der Waals surface area (Å²) in [5.74, 6) is -0.0821. The van der Waals surface area contributed by atoms with Crippen LogP contribution >= 0.6 is 0 Å². The molecule has 108 valence electrons. The van der Waals surface area contributed by atoms with Crippen LogP contribution in [0.3, 0.4) is 0 Å². The first kappa shape index (κ1) is 13.8. The predicted molar refractivity (Wildman–Crippen MR) is 82.9 cm³/mol. The number of amides is 1. The van der Waals surface area contributed by atoms with Crippen LogP contribution in [-0.2, 0) is 5.54 Å². The summed E-state index contributed by atoms with van der Waals surface area (Å²) in [6.07, 6.45) is 7.19. The molecule has 3 rings (SSSR count). The summed E-state index contributed by atoms with van der Waals surface area (Å²) >= 11 is 0. The maximum atomic E-state index is 12.5. The molecule has 1 heterocycles. The molecule has 0 aliphatic heterocycles. The van der Waals surface area contributed by atoms with E-state index in [4.69, 9.17) is 0 Å². The van der Waals surface area contributed by atoms with Crippen molar-refractivity contribution in [2.24, 2.45) is 0 Å². The van der Waals surface area contributed by atoms with Crippen LogP contribution in [0.1, 0.15) is 48.2 Å². The van der Waals surface area contributed by atoms with Gasteiger partial charge in [-0.2, -0.15) is 0 Å². The van der Waals surface area contributed by atoms with Crippen LogP contribution in [0, 0.1) is 0 Å². The maximum Gasteiger partial charge on any atom is 0.270 e. The molecule has 0 bridgehead atoms. The minimum atomic E-state index is -0.242. The van der Waals surface area contributed by atoms with E-state index >= 15 is 0 Å². The van der Waals surface area contributed by atoms with E-state index in [1.807, 2.05) is 30.3 Å². The minimum absolute atomic E-state index is 0.0821. The molecule has 0 radical (unpaired) electrons. The number of carbonyl (C=O) groups excluding carboxylic acids is 1. The summed E-state index contributed by atoms with van der Waals surface area (Å²) in [5, 5.41) is 3.26. The maximum absolute atomic E-state index is 12.5. The van der Waals surface area contributed by atoms with Gasteiger partial charge >= 0.3 is 0 Å². The molecule has 21 heavy (non-hydrogen) atoms. The largest absolute Gasteiger partial charge is 0.341 e. The molecule has 1 aromatic carbocycles. The lowest BCUT2D eigenvalue weighted by atomic mass is 9.76. The van der Waals surface area contributed by atoms with Gasteiger partial charge in [0.1, 0.15) is 5.69 Å². The number of rotatable bonds is 3. The molecule has 3 nitrogen and oxygen atoms in total. The van der Waals surface area contributed by atoms with Crippen molar-refractivity contribution in [2.75, 3.05) is 0 Å². The van der Waals surface area contributed by atoms with Crippen LogP contribution in [0.2, 0.25) is 0 Å². The second-order valence-corrected chi connectivity index (χ2v) is 5.68. The lowest BCUT2D eigenvalue weighted by Gasteiger charge is -2.38. The second-order valence-electron chi connectivity index (χ2n) is 5.68. The lowest BCUT2D eigenvalue weighted by Crippen LogP contribution is -2.47. The van der Waals surface area contributed by atoms with Crippen molar-refractivity contribution in [3.05, 3.63) is 66.0 Å². The Morgan fingerprint density at radius 2 is 1.67 bits per heavy atom. The highest BCUT2D eigenvalue weighted by molar-refractivity contribution is 5.92. The topological polar surface area (TPSA) is 42.0 Å². The fourth-order valence-electron chi connectivity index (χ4n) is 3.18. The zero-order chi connectivity index (χ0) is 14.5. The van der Waals surface area contributed by atoms with E-state index < -0.39 is 0 Å². The standard InChI is InChI=1S/C18H20N2O/c21-17(16-11-5-8-14-19-16)20-18(12-6-2-7-13-18)15-9-3-1-4-10-15/h1,3-5,8-11,14H,2,6-7,12-13H2,(H,20,21). The van der Waals surface area contributed by atoms with E-state index in [0.717, 1.165) is 25.7 Å². The molecule has 0 spiro atoms. The molecule has 1 amide bonds. The Kier molecular flexibility index (Phi) is 4.00. The van der Waals surface area contributed by atoms with Gasteiger partial charge in [0.15, 0.2) is 0 Å². The second kappa shape index (κ2) is 6.08. The molecular weight excluding hydrogens is 260 g/mol. The molecule has 1 aliphatic carbocycles. The molecule has 1 aliphatic rings. The first-order valence-corrected chi connectivity index (χ1v) is 7.59. The number of hydrogen-bond donors (Lipinski definition) is 1. The van der Waals surface area contributed by atoms with Gasteiger partial charge in [-0.1, -0.05) is 55.7 Å². The summed E-state index contributed by atoms with van der Waals surface area (Å²) < 4.78 is 0. The van der Waals surface area contributed by atoms with Crippen LogP contribution in [0.4, 0.5) is 0 Å². The third kappa shape index (κ3) is 2.97. The first-order chi connectivity index (χ1) is 10.3. The number of pyridine rings is 1. The van der Waals surface area contributed by atoms with Crippen LogP contribution in [-0.4, -0.2) is 10.9 Å². The zero-order valence-corrected chi connectivity index (χ0v) is 12.1. The Morgan fingerprint density at radius 1 is 0.952 bits per heavy atom. The molecule has 1 fully saturated rings. The molecule has 0 unspecified atom stereocenters. The first-order valence-electron chi connectivity index (χ1n) is 7.59. The van der Waals surface area contributed by atoms with Crippen molar-refractivity contribution >= 4 is 5.91 Å². The van der Waals surface area contributed by atoms with Crippen molar-refractivity contribution < 1.29 is 4.79 Å². The highest BCUT2D eigenvalue weighted by Crippen LogP contribution is 2.37. The van der Waals surface area contributed by atoms with Crippen molar-refractivity contribution in [2.45, 2.75) is 37.6 Å². The van der Waals surface area contributed by atoms with E-state index in [1.165, 1.54) is 12.0 Å². The van der Waals surface area contributed by atoms with Gasteiger partial charge in [-0.3, -0.25) is 9.78 Å². The Morgan fingerprint density at radius 3 is 2.33 bits per heavy atom. The van der Waals surface area contributed by atoms with E-state index in [1.54, 1.807) is 12.3 Å². The Bertz CT molecular complexity index is 589. The SMILES string of the molecule is O=C(NC1(c2ccccc2)CCCCC1)c1ccccn1. The molecule has 2 aromatic rings. The number of nitrogens with zero attached hydrogens (tertiary/aromatic N) is 1. The summed E-state index contributed by atoms with van der Waals surface area (Å²) in [6, 6.07) is 15.8. The molecule has 1 aromatic heterocycles. The summed E-state index contributed by atoms with van der Waals surface area (Å²) in [4.78, 5) is 16.7. The fraction of sp³-hybridized carbons (Fsp3) is 0.333. The van der Waals surface area contributed by atoms with E-state index in [-0.39, 0.29) is 11.4 Å². The van der Waals surface area contributed by atoms with Gasteiger partial charge in [0.25, 0.3) is 5.91 Å². The number of carbonyl (C=O) groups is 1. The molecule has 1 N–H and O–H groups in total. The van der Waals surface area contributed by atoms with Crippen molar-refractivity contribution in [3.63, 3.8) is 0 Å². The highest BCUT2D eigenvalue weighted by Gasteiger charge is 2.35. The zero-order valence-electron chi connectivity index (χ0n) is 12.1. The number of hydrogen-bond acceptors (Lipinski definition) is 2. The van der Waals surface area contributed by atoms with E-state index in [2.05, 4.69) is 22.4 Å². The normalized spacial score (nSPS) is 17.1.